The van der Waals surface area contributed by atoms with E-state index in [0.29, 0.717) is 30.6 Å². The van der Waals surface area contributed by atoms with E-state index in [9.17, 15) is 0 Å². The summed E-state index contributed by atoms with van der Waals surface area (Å²) in [6, 6.07) is 3.79. The van der Waals surface area contributed by atoms with E-state index in [1.54, 1.807) is 13.4 Å². The number of methoxy groups -OCH3 is 1. The maximum Gasteiger partial charge on any atom is 0.238 e. The van der Waals surface area contributed by atoms with E-state index >= 15 is 0 Å². The predicted octanol–water partition coefficient (Wildman–Crippen LogP) is 2.45. The Morgan fingerprint density at radius 2 is 2.08 bits per heavy atom. The summed E-state index contributed by atoms with van der Waals surface area (Å²) in [6.45, 7) is 7.12. The van der Waals surface area contributed by atoms with Crippen LogP contribution in [0.2, 0.25) is 0 Å². The van der Waals surface area contributed by atoms with Crippen molar-refractivity contribution in [2.24, 2.45) is 4.99 Å². The van der Waals surface area contributed by atoms with Gasteiger partial charge in [-0.05, 0) is 32.9 Å². The van der Waals surface area contributed by atoms with Gasteiger partial charge < -0.3 is 9.30 Å². The molecule has 2 aromatic rings. The topological polar surface area (TPSA) is 73.6 Å². The third kappa shape index (κ3) is 4.42. The summed E-state index contributed by atoms with van der Waals surface area (Å²) in [5.74, 6) is 1.12. The zero-order chi connectivity index (χ0) is 17.4. The summed E-state index contributed by atoms with van der Waals surface area (Å²) in [4.78, 5) is 18.1. The molecule has 0 radical (unpaired) electrons. The number of rotatable bonds is 3. The van der Waals surface area contributed by atoms with Crippen LogP contribution in [0.15, 0.2) is 41.8 Å². The average Bonchev–Trinajstić information content (AvgIpc) is 3.08. The number of aromatic nitrogens is 3. The van der Waals surface area contributed by atoms with Crippen LogP contribution in [0.25, 0.3) is 5.69 Å². The van der Waals surface area contributed by atoms with E-state index in [1.165, 1.54) is 0 Å². The molecule has 0 atom stereocenters. The van der Waals surface area contributed by atoms with Crippen molar-refractivity contribution in [3.05, 3.63) is 48.2 Å². The van der Waals surface area contributed by atoms with Crippen molar-refractivity contribution in [3.8, 4) is 11.6 Å². The third-order valence-electron chi connectivity index (χ3n) is 3.23. The van der Waals surface area contributed by atoms with E-state index in [-0.39, 0.29) is 0 Å². The minimum Gasteiger partial charge on any atom is -0.479 e. The number of pyridine rings is 1. The van der Waals surface area contributed by atoms with Gasteiger partial charge in [-0.2, -0.15) is 0 Å². The zero-order valence-electron chi connectivity index (χ0n) is 14.5. The van der Waals surface area contributed by atoms with Gasteiger partial charge in [0.25, 0.3) is 0 Å². The maximum absolute atomic E-state index is 5.36. The largest absolute Gasteiger partial charge is 0.479 e. The molecule has 0 saturated carbocycles. The molecule has 0 fully saturated rings. The lowest BCUT2D eigenvalue weighted by atomic mass is 10.3. The van der Waals surface area contributed by atoms with E-state index in [2.05, 4.69) is 20.4 Å². The standard InChI is InChI=1S/C13H15N5O2.C4H8/c1-9-7-18(8-15-9)11-4-3-10(16-13(11)19-2)12-14-5-6-20-17-12;1-3-4-2/h3-4,7-8H,5-6H2,1-2H3,(H,14,17);3-4H,1-2H3/b;4-3-. The molecule has 0 spiro atoms. The molecule has 0 unspecified atom stereocenters. The van der Waals surface area contributed by atoms with Gasteiger partial charge in [-0.1, -0.05) is 12.2 Å². The lowest BCUT2D eigenvalue weighted by Gasteiger charge is -2.15. The molecule has 1 aliphatic rings. The van der Waals surface area contributed by atoms with Crippen LogP contribution >= 0.6 is 0 Å². The van der Waals surface area contributed by atoms with Crippen LogP contribution in [0.5, 0.6) is 5.88 Å². The van der Waals surface area contributed by atoms with Crippen molar-refractivity contribution in [3.63, 3.8) is 0 Å². The maximum atomic E-state index is 5.36. The molecule has 3 rings (SSSR count). The molecular formula is C17H23N5O2. The second kappa shape index (κ2) is 8.83. The van der Waals surface area contributed by atoms with Crippen LogP contribution < -0.4 is 10.2 Å². The third-order valence-corrected chi connectivity index (χ3v) is 3.23. The molecule has 7 nitrogen and oxygen atoms in total. The van der Waals surface area contributed by atoms with Gasteiger partial charge in [0, 0.05) is 6.20 Å². The van der Waals surface area contributed by atoms with Gasteiger partial charge >= 0.3 is 0 Å². The van der Waals surface area contributed by atoms with Crippen molar-refractivity contribution in [2.45, 2.75) is 20.8 Å². The van der Waals surface area contributed by atoms with Crippen LogP contribution in [0.4, 0.5) is 0 Å². The number of hydrogen-bond donors (Lipinski definition) is 1. The molecule has 7 heteroatoms. The van der Waals surface area contributed by atoms with E-state index in [1.807, 2.05) is 55.8 Å². The summed E-state index contributed by atoms with van der Waals surface area (Å²) in [6.07, 6.45) is 7.65. The predicted molar refractivity (Wildman–Crippen MR) is 93.6 cm³/mol. The van der Waals surface area contributed by atoms with Crippen LogP contribution in [-0.2, 0) is 4.84 Å². The van der Waals surface area contributed by atoms with Gasteiger partial charge in [-0.3, -0.25) is 9.83 Å². The average molecular weight is 329 g/mol. The van der Waals surface area contributed by atoms with E-state index < -0.39 is 0 Å². The van der Waals surface area contributed by atoms with Crippen molar-refractivity contribution >= 4 is 5.84 Å². The Morgan fingerprint density at radius 3 is 2.62 bits per heavy atom. The van der Waals surface area contributed by atoms with E-state index in [4.69, 9.17) is 9.57 Å². The first kappa shape index (κ1) is 17.7. The number of allylic oxidation sites excluding steroid dienone is 2. The molecule has 1 aliphatic heterocycles. The van der Waals surface area contributed by atoms with Gasteiger partial charge in [0.2, 0.25) is 5.88 Å². The summed E-state index contributed by atoms with van der Waals surface area (Å²) in [5, 5.41) is 0. The Hall–Kier alpha value is -2.67. The van der Waals surface area contributed by atoms with Gasteiger partial charge in [0.05, 0.1) is 32.3 Å². The fourth-order valence-corrected chi connectivity index (χ4v) is 1.95. The van der Waals surface area contributed by atoms with Crippen molar-refractivity contribution in [1.82, 2.24) is 20.0 Å². The number of hydrogen-bond acceptors (Lipinski definition) is 6. The highest BCUT2D eigenvalue weighted by atomic mass is 16.6. The van der Waals surface area contributed by atoms with Crippen molar-refractivity contribution in [2.75, 3.05) is 20.3 Å². The molecule has 128 valence electrons. The Bertz CT molecular complexity index is 718. The molecule has 0 saturated heterocycles. The molecule has 0 aliphatic carbocycles. The zero-order valence-corrected chi connectivity index (χ0v) is 14.5. The molecule has 0 aromatic carbocycles. The van der Waals surface area contributed by atoms with Gasteiger partial charge in [-0.15, -0.1) is 0 Å². The number of imidazole rings is 1. The highest BCUT2D eigenvalue weighted by Gasteiger charge is 2.14. The molecule has 0 bridgehead atoms. The molecular weight excluding hydrogens is 306 g/mol. The smallest absolute Gasteiger partial charge is 0.238 e. The summed E-state index contributed by atoms with van der Waals surface area (Å²) in [7, 11) is 1.59. The minimum atomic E-state index is 0.509. The Kier molecular flexibility index (Phi) is 6.51. The number of aryl methyl sites for hydroxylation is 1. The number of hydroxylamine groups is 1. The number of nitrogens with zero attached hydrogens (tertiary/aromatic N) is 4. The molecule has 1 N–H and O–H groups in total. The fraction of sp³-hybridized carbons (Fsp3) is 0.353. The first-order chi connectivity index (χ1) is 11.7. The lowest BCUT2D eigenvalue weighted by Crippen LogP contribution is -2.31. The first-order valence-corrected chi connectivity index (χ1v) is 7.75. The summed E-state index contributed by atoms with van der Waals surface area (Å²) >= 11 is 0. The molecule has 3 heterocycles. The Labute approximate surface area is 142 Å². The van der Waals surface area contributed by atoms with Gasteiger partial charge in [0.1, 0.15) is 11.4 Å². The SMILES string of the molecule is C/C=C\C.COc1nc(C2=NCCON2)ccc1-n1cnc(C)c1. The quantitative estimate of drug-likeness (QED) is 0.876. The van der Waals surface area contributed by atoms with E-state index in [0.717, 1.165) is 11.4 Å². The summed E-state index contributed by atoms with van der Waals surface area (Å²) < 4.78 is 7.23. The van der Waals surface area contributed by atoms with Gasteiger partial charge in [0.15, 0.2) is 5.84 Å². The van der Waals surface area contributed by atoms with Crippen LogP contribution in [0.3, 0.4) is 0 Å². The molecule has 24 heavy (non-hydrogen) atoms. The number of amidine groups is 1. The normalized spacial score (nSPS) is 13.8. The Balaban J connectivity index is 0.000000471. The molecule has 2 aromatic heterocycles. The monoisotopic (exact) mass is 329 g/mol. The highest BCUT2D eigenvalue weighted by molar-refractivity contribution is 5.96. The van der Waals surface area contributed by atoms with Crippen molar-refractivity contribution < 1.29 is 9.57 Å². The van der Waals surface area contributed by atoms with Crippen molar-refractivity contribution in [1.29, 1.82) is 0 Å². The second-order valence-corrected chi connectivity index (χ2v) is 4.99. The second-order valence-electron chi connectivity index (χ2n) is 4.99. The number of nitrogens with one attached hydrogen (secondary N) is 1. The summed E-state index contributed by atoms with van der Waals surface area (Å²) in [5.41, 5.74) is 5.21. The fourth-order valence-electron chi connectivity index (χ4n) is 1.95. The van der Waals surface area contributed by atoms with Crippen LogP contribution in [0, 0.1) is 6.92 Å². The van der Waals surface area contributed by atoms with Crippen LogP contribution in [0.1, 0.15) is 25.2 Å². The number of aliphatic imine (C=N–C) groups is 1. The first-order valence-electron chi connectivity index (χ1n) is 7.75. The minimum absolute atomic E-state index is 0.509. The highest BCUT2D eigenvalue weighted by Crippen LogP contribution is 2.21. The lowest BCUT2D eigenvalue weighted by molar-refractivity contribution is 0.0824. The Morgan fingerprint density at radius 1 is 1.29 bits per heavy atom. The molecule has 0 amide bonds. The van der Waals surface area contributed by atoms with Crippen LogP contribution in [-0.4, -0.2) is 40.6 Å². The van der Waals surface area contributed by atoms with Gasteiger partial charge in [-0.25, -0.2) is 15.4 Å². The number of ether oxygens (including phenoxy) is 1.